The monoisotopic (exact) mass is 486 g/mol. The van der Waals surface area contributed by atoms with Gasteiger partial charge in [-0.15, -0.1) is 0 Å². The average molecular weight is 487 g/mol. The second kappa shape index (κ2) is 10.6. The molecule has 0 fully saturated rings. The van der Waals surface area contributed by atoms with E-state index in [1.807, 2.05) is 6.92 Å². The third-order valence-electron chi connectivity index (χ3n) is 5.29. The van der Waals surface area contributed by atoms with Crippen LogP contribution in [-0.4, -0.2) is 35.1 Å². The third kappa shape index (κ3) is 5.66. The summed E-state index contributed by atoms with van der Waals surface area (Å²) in [7, 11) is -1.08. The molecule has 0 saturated carbocycles. The fourth-order valence-corrected chi connectivity index (χ4v) is 4.85. The minimum Gasteiger partial charge on any atom is -0.497 e. The molecule has 180 valence electrons. The molecule has 0 spiro atoms. The Labute approximate surface area is 199 Å². The van der Waals surface area contributed by atoms with Crippen LogP contribution in [0.1, 0.15) is 24.1 Å². The maximum Gasteiger partial charge on any atom is 0.264 e. The first-order valence-corrected chi connectivity index (χ1v) is 12.0. The Kier molecular flexibility index (Phi) is 7.78. The van der Waals surface area contributed by atoms with Crippen molar-refractivity contribution in [3.05, 3.63) is 83.7 Å². The van der Waals surface area contributed by atoms with E-state index in [2.05, 4.69) is 5.32 Å². The zero-order valence-electron chi connectivity index (χ0n) is 19.4. The van der Waals surface area contributed by atoms with Crippen LogP contribution in [0, 0.1) is 12.7 Å². The average Bonchev–Trinajstić information content (AvgIpc) is 2.83. The molecule has 3 aromatic carbocycles. The maximum atomic E-state index is 13.4. The molecule has 3 rings (SSSR count). The Morgan fingerprint density at radius 2 is 1.65 bits per heavy atom. The second-order valence-electron chi connectivity index (χ2n) is 7.70. The van der Waals surface area contributed by atoms with Gasteiger partial charge in [-0.1, -0.05) is 17.7 Å². The molecule has 0 aliphatic rings. The molecule has 0 aliphatic heterocycles. The summed E-state index contributed by atoms with van der Waals surface area (Å²) >= 11 is 0. The topological polar surface area (TPSA) is 84.9 Å². The lowest BCUT2D eigenvalue weighted by atomic mass is 10.1. The fraction of sp³-hybridized carbons (Fsp3) is 0.240. The smallest absolute Gasteiger partial charge is 0.264 e. The summed E-state index contributed by atoms with van der Waals surface area (Å²) in [6.45, 7) is 3.16. The summed E-state index contributed by atoms with van der Waals surface area (Å²) < 4.78 is 51.8. The van der Waals surface area contributed by atoms with Gasteiger partial charge in [0.15, 0.2) is 0 Å². The lowest BCUT2D eigenvalue weighted by molar-refractivity contribution is -0.120. The zero-order valence-corrected chi connectivity index (χ0v) is 20.2. The molecule has 34 heavy (non-hydrogen) atoms. The van der Waals surface area contributed by atoms with Crippen LogP contribution in [-0.2, 0) is 14.8 Å². The van der Waals surface area contributed by atoms with Crippen molar-refractivity contribution in [3.8, 4) is 11.5 Å². The predicted octanol–water partition coefficient (Wildman–Crippen LogP) is 4.22. The van der Waals surface area contributed by atoms with Crippen LogP contribution in [0.5, 0.6) is 11.5 Å². The number of rotatable bonds is 9. The molecule has 0 heterocycles. The van der Waals surface area contributed by atoms with Crippen LogP contribution in [0.2, 0.25) is 0 Å². The number of amides is 1. The van der Waals surface area contributed by atoms with Crippen molar-refractivity contribution >= 4 is 21.6 Å². The number of hydrogen-bond acceptors (Lipinski definition) is 5. The molecular weight excluding hydrogens is 459 g/mol. The van der Waals surface area contributed by atoms with Gasteiger partial charge in [0, 0.05) is 5.56 Å². The molecular formula is C25H27FN2O5S. The van der Waals surface area contributed by atoms with Crippen LogP contribution in [0.4, 0.5) is 10.1 Å². The number of nitrogens with one attached hydrogen (secondary N) is 1. The number of nitrogens with zero attached hydrogens (tertiary/aromatic N) is 1. The van der Waals surface area contributed by atoms with E-state index in [1.165, 1.54) is 26.4 Å². The number of methoxy groups -OCH3 is 2. The molecule has 0 saturated heterocycles. The van der Waals surface area contributed by atoms with Crippen molar-refractivity contribution < 1.29 is 27.1 Å². The van der Waals surface area contributed by atoms with E-state index in [1.54, 1.807) is 49.4 Å². The number of carbonyl (C=O) groups excluding carboxylic acids is 1. The van der Waals surface area contributed by atoms with E-state index >= 15 is 0 Å². The van der Waals surface area contributed by atoms with Crippen LogP contribution < -0.4 is 19.1 Å². The number of hydrogen-bond donors (Lipinski definition) is 1. The number of sulfonamides is 1. The molecule has 0 aromatic heterocycles. The van der Waals surface area contributed by atoms with Crippen molar-refractivity contribution in [2.24, 2.45) is 0 Å². The molecule has 0 radical (unpaired) electrons. The first-order chi connectivity index (χ1) is 16.1. The van der Waals surface area contributed by atoms with Gasteiger partial charge in [-0.25, -0.2) is 12.8 Å². The SMILES string of the molecule is COc1ccc(OC)c([C@@H](C)NC(=O)CN(c2ccc(C)cc2)S(=O)(=O)c2ccc(F)cc2)c1. The summed E-state index contributed by atoms with van der Waals surface area (Å²) in [4.78, 5) is 12.9. The maximum absolute atomic E-state index is 13.4. The lowest BCUT2D eigenvalue weighted by Crippen LogP contribution is -2.41. The van der Waals surface area contributed by atoms with E-state index < -0.39 is 34.3 Å². The van der Waals surface area contributed by atoms with Gasteiger partial charge in [0.05, 0.1) is 30.8 Å². The van der Waals surface area contributed by atoms with Crippen molar-refractivity contribution in [2.45, 2.75) is 24.8 Å². The van der Waals surface area contributed by atoms with Crippen molar-refractivity contribution in [1.29, 1.82) is 0 Å². The van der Waals surface area contributed by atoms with E-state index in [0.717, 1.165) is 22.0 Å². The summed E-state index contributed by atoms with van der Waals surface area (Å²) in [6, 6.07) is 16.0. The third-order valence-corrected chi connectivity index (χ3v) is 7.08. The molecule has 1 amide bonds. The van der Waals surface area contributed by atoms with Gasteiger partial charge in [0.1, 0.15) is 23.9 Å². The molecule has 0 aliphatic carbocycles. The summed E-state index contributed by atoms with van der Waals surface area (Å²) in [5.41, 5.74) is 1.93. The van der Waals surface area contributed by atoms with Crippen molar-refractivity contribution in [3.63, 3.8) is 0 Å². The van der Waals surface area contributed by atoms with Gasteiger partial charge in [0.2, 0.25) is 5.91 Å². The highest BCUT2D eigenvalue weighted by atomic mass is 32.2. The molecule has 9 heteroatoms. The Balaban J connectivity index is 1.90. The van der Waals surface area contributed by atoms with E-state index in [-0.39, 0.29) is 4.90 Å². The molecule has 3 aromatic rings. The van der Waals surface area contributed by atoms with Gasteiger partial charge in [-0.05, 0) is 68.4 Å². The second-order valence-corrected chi connectivity index (χ2v) is 9.56. The number of carbonyl (C=O) groups is 1. The van der Waals surface area contributed by atoms with Gasteiger partial charge in [-0.3, -0.25) is 9.10 Å². The van der Waals surface area contributed by atoms with Crippen molar-refractivity contribution in [1.82, 2.24) is 5.32 Å². The zero-order chi connectivity index (χ0) is 24.9. The summed E-state index contributed by atoms with van der Waals surface area (Å²) in [5.74, 6) is 0.0725. The number of halogens is 1. The van der Waals surface area contributed by atoms with Gasteiger partial charge < -0.3 is 14.8 Å². The van der Waals surface area contributed by atoms with Crippen LogP contribution >= 0.6 is 0 Å². The summed E-state index contributed by atoms with van der Waals surface area (Å²) in [6.07, 6.45) is 0. The van der Waals surface area contributed by atoms with Crippen molar-refractivity contribution in [2.75, 3.05) is 25.1 Å². The van der Waals surface area contributed by atoms with Crippen LogP contribution in [0.15, 0.2) is 71.6 Å². The molecule has 1 atom stereocenters. The van der Waals surface area contributed by atoms with Gasteiger partial charge in [0.25, 0.3) is 10.0 Å². The minimum absolute atomic E-state index is 0.121. The van der Waals surface area contributed by atoms with Crippen LogP contribution in [0.3, 0.4) is 0 Å². The quantitative estimate of drug-likeness (QED) is 0.490. The molecule has 0 unspecified atom stereocenters. The highest BCUT2D eigenvalue weighted by Gasteiger charge is 2.28. The molecule has 0 bridgehead atoms. The molecule has 1 N–H and O–H groups in total. The number of ether oxygens (including phenoxy) is 2. The Morgan fingerprint density at radius 1 is 1.00 bits per heavy atom. The van der Waals surface area contributed by atoms with Crippen LogP contribution in [0.25, 0.3) is 0 Å². The standard InChI is InChI=1S/C25H27FN2O5S/c1-17-5-9-20(10-6-17)28(34(30,31)22-12-7-19(26)8-13-22)16-25(29)27-18(2)23-15-21(32-3)11-14-24(23)33-4/h5-15,18H,16H2,1-4H3,(H,27,29)/t18-/m1/s1. The fourth-order valence-electron chi connectivity index (χ4n) is 3.43. The van der Waals surface area contributed by atoms with E-state index in [9.17, 15) is 17.6 Å². The Hall–Kier alpha value is -3.59. The number of anilines is 1. The highest BCUT2D eigenvalue weighted by molar-refractivity contribution is 7.92. The normalized spacial score (nSPS) is 12.0. The predicted molar refractivity (Wildman–Crippen MR) is 128 cm³/mol. The summed E-state index contributed by atoms with van der Waals surface area (Å²) in [5, 5.41) is 2.83. The Bertz CT molecular complexity index is 1250. The minimum atomic E-state index is -4.14. The first kappa shape index (κ1) is 25.0. The van der Waals surface area contributed by atoms with E-state index in [4.69, 9.17) is 9.47 Å². The van der Waals surface area contributed by atoms with Gasteiger partial charge in [-0.2, -0.15) is 0 Å². The lowest BCUT2D eigenvalue weighted by Gasteiger charge is -2.25. The number of aryl methyl sites for hydroxylation is 1. The first-order valence-electron chi connectivity index (χ1n) is 10.5. The largest absolute Gasteiger partial charge is 0.497 e. The number of benzene rings is 3. The Morgan fingerprint density at radius 3 is 2.24 bits per heavy atom. The van der Waals surface area contributed by atoms with E-state index in [0.29, 0.717) is 22.7 Å². The molecule has 7 nitrogen and oxygen atoms in total. The van der Waals surface area contributed by atoms with Gasteiger partial charge >= 0.3 is 0 Å². The highest BCUT2D eigenvalue weighted by Crippen LogP contribution is 2.29.